The summed E-state index contributed by atoms with van der Waals surface area (Å²) in [7, 11) is 0. The van der Waals surface area contributed by atoms with Crippen LogP contribution in [0.2, 0.25) is 0 Å². The maximum atomic E-state index is 13.4. The number of fused-ring (bicyclic) bond motifs is 1. The highest BCUT2D eigenvalue weighted by atomic mass is 19.1. The fourth-order valence-electron chi connectivity index (χ4n) is 4.10. The normalized spacial score (nSPS) is 24.1. The van der Waals surface area contributed by atoms with Crippen LogP contribution in [0.1, 0.15) is 42.5 Å². The van der Waals surface area contributed by atoms with Crippen LogP contribution in [-0.2, 0) is 11.2 Å². The lowest BCUT2D eigenvalue weighted by Crippen LogP contribution is -2.49. The molecule has 0 bridgehead atoms. The predicted octanol–water partition coefficient (Wildman–Crippen LogP) is 4.05. The molecule has 1 N–H and O–H groups in total. The van der Waals surface area contributed by atoms with E-state index in [1.165, 1.54) is 17.7 Å². The second kappa shape index (κ2) is 7.69. The minimum atomic E-state index is -0.279. The van der Waals surface area contributed by atoms with E-state index in [1.54, 1.807) is 17.0 Å². The average molecular weight is 368 g/mol. The molecular formula is C22H25FN2O2. The van der Waals surface area contributed by atoms with Crippen molar-refractivity contribution in [2.75, 3.05) is 13.1 Å². The van der Waals surface area contributed by atoms with Gasteiger partial charge in [0.15, 0.2) is 0 Å². The third-order valence-corrected chi connectivity index (χ3v) is 5.56. The molecule has 4 nitrogen and oxygen atoms in total. The molecule has 1 heterocycles. The van der Waals surface area contributed by atoms with Crippen LogP contribution in [0.15, 0.2) is 48.5 Å². The molecule has 0 radical (unpaired) electrons. The van der Waals surface area contributed by atoms with E-state index >= 15 is 0 Å². The number of hydrogen-bond acceptors (Lipinski definition) is 3. The van der Waals surface area contributed by atoms with E-state index in [-0.39, 0.29) is 24.1 Å². The van der Waals surface area contributed by atoms with Gasteiger partial charge in [0.25, 0.3) is 0 Å². The van der Waals surface area contributed by atoms with Gasteiger partial charge in [0, 0.05) is 12.6 Å². The highest BCUT2D eigenvalue weighted by molar-refractivity contribution is 5.70. The van der Waals surface area contributed by atoms with Gasteiger partial charge in [-0.15, -0.1) is 0 Å². The van der Waals surface area contributed by atoms with E-state index < -0.39 is 0 Å². The molecule has 1 aliphatic heterocycles. The fourth-order valence-corrected chi connectivity index (χ4v) is 4.10. The molecule has 0 saturated heterocycles. The van der Waals surface area contributed by atoms with Gasteiger partial charge in [-0.2, -0.15) is 0 Å². The number of nitrogens with zero attached hydrogens (tertiary/aromatic N) is 1. The van der Waals surface area contributed by atoms with Gasteiger partial charge in [0.2, 0.25) is 0 Å². The standard InChI is InChI=1S/C22H25FN2O2/c1-2-24-18-13-19(14-18)27-22(26)25-12-11-15-5-3-4-6-20(15)21(25)16-7-9-17(23)10-8-16/h3-10,18-19,21,24H,2,11-14H2,1H3/t18?,19?,21-/m0/s1. The summed E-state index contributed by atoms with van der Waals surface area (Å²) in [6, 6.07) is 14.8. The summed E-state index contributed by atoms with van der Waals surface area (Å²) < 4.78 is 19.2. The Morgan fingerprint density at radius 2 is 1.93 bits per heavy atom. The lowest BCUT2D eigenvalue weighted by molar-refractivity contribution is 0.00546. The molecule has 1 saturated carbocycles. The molecule has 1 atom stereocenters. The monoisotopic (exact) mass is 368 g/mol. The Balaban J connectivity index is 1.55. The number of ether oxygens (including phenoxy) is 1. The third-order valence-electron chi connectivity index (χ3n) is 5.56. The van der Waals surface area contributed by atoms with Crippen LogP contribution in [0.5, 0.6) is 0 Å². The Morgan fingerprint density at radius 3 is 2.67 bits per heavy atom. The maximum Gasteiger partial charge on any atom is 0.410 e. The molecule has 0 unspecified atom stereocenters. The van der Waals surface area contributed by atoms with E-state index in [4.69, 9.17) is 4.74 Å². The number of nitrogens with one attached hydrogen (secondary N) is 1. The Kier molecular flexibility index (Phi) is 5.12. The van der Waals surface area contributed by atoms with Gasteiger partial charge >= 0.3 is 6.09 Å². The smallest absolute Gasteiger partial charge is 0.410 e. The van der Waals surface area contributed by atoms with Crippen LogP contribution < -0.4 is 5.32 Å². The van der Waals surface area contributed by atoms with Crippen molar-refractivity contribution in [3.8, 4) is 0 Å². The highest BCUT2D eigenvalue weighted by Crippen LogP contribution is 2.36. The first-order valence-electron chi connectivity index (χ1n) is 9.69. The Labute approximate surface area is 159 Å². The molecule has 1 aliphatic carbocycles. The summed E-state index contributed by atoms with van der Waals surface area (Å²) in [5.74, 6) is -0.277. The highest BCUT2D eigenvalue weighted by Gasteiger charge is 2.37. The number of amides is 1. The zero-order valence-electron chi connectivity index (χ0n) is 15.5. The van der Waals surface area contributed by atoms with E-state index in [1.807, 2.05) is 18.2 Å². The largest absolute Gasteiger partial charge is 0.446 e. The number of carbonyl (C=O) groups excluding carboxylic acids is 1. The molecule has 1 amide bonds. The minimum absolute atomic E-state index is 0.0208. The van der Waals surface area contributed by atoms with Crippen molar-refractivity contribution >= 4 is 6.09 Å². The number of benzene rings is 2. The molecular weight excluding hydrogens is 343 g/mol. The third kappa shape index (κ3) is 3.69. The first kappa shape index (κ1) is 18.0. The van der Waals surface area contributed by atoms with Crippen molar-refractivity contribution in [3.63, 3.8) is 0 Å². The van der Waals surface area contributed by atoms with Crippen LogP contribution in [0.25, 0.3) is 0 Å². The van der Waals surface area contributed by atoms with E-state index in [0.29, 0.717) is 12.6 Å². The molecule has 0 aromatic heterocycles. The van der Waals surface area contributed by atoms with Gasteiger partial charge in [-0.1, -0.05) is 43.3 Å². The van der Waals surface area contributed by atoms with Crippen molar-refractivity contribution in [2.45, 2.75) is 44.4 Å². The molecule has 0 spiro atoms. The second-order valence-electron chi connectivity index (χ2n) is 7.33. The second-order valence-corrected chi connectivity index (χ2v) is 7.33. The summed E-state index contributed by atoms with van der Waals surface area (Å²) in [5.41, 5.74) is 3.22. The molecule has 5 heteroatoms. The van der Waals surface area contributed by atoms with Crippen molar-refractivity contribution in [1.29, 1.82) is 0 Å². The molecule has 4 rings (SSSR count). The average Bonchev–Trinajstić information content (AvgIpc) is 2.66. The van der Waals surface area contributed by atoms with Gasteiger partial charge in [-0.3, -0.25) is 4.90 Å². The molecule has 2 aliphatic rings. The SMILES string of the molecule is CCNC1CC(OC(=O)N2CCc3ccccc3[C@@H]2c2ccc(F)cc2)C1. The van der Waals surface area contributed by atoms with Gasteiger partial charge in [-0.25, -0.2) is 9.18 Å². The van der Waals surface area contributed by atoms with Gasteiger partial charge < -0.3 is 10.1 Å². The summed E-state index contributed by atoms with van der Waals surface area (Å²) >= 11 is 0. The summed E-state index contributed by atoms with van der Waals surface area (Å²) in [5, 5.41) is 3.38. The Bertz CT molecular complexity index is 802. The summed E-state index contributed by atoms with van der Waals surface area (Å²) in [4.78, 5) is 14.7. The molecule has 142 valence electrons. The first-order valence-corrected chi connectivity index (χ1v) is 9.69. The van der Waals surface area contributed by atoms with E-state index in [0.717, 1.165) is 36.9 Å². The minimum Gasteiger partial charge on any atom is -0.446 e. The lowest BCUT2D eigenvalue weighted by atomic mass is 9.88. The maximum absolute atomic E-state index is 13.4. The zero-order chi connectivity index (χ0) is 18.8. The van der Waals surface area contributed by atoms with Crippen LogP contribution >= 0.6 is 0 Å². The lowest BCUT2D eigenvalue weighted by Gasteiger charge is -2.40. The van der Waals surface area contributed by atoms with Crippen LogP contribution in [0, 0.1) is 5.82 Å². The van der Waals surface area contributed by atoms with E-state index in [9.17, 15) is 9.18 Å². The molecule has 2 aromatic carbocycles. The van der Waals surface area contributed by atoms with Crippen molar-refractivity contribution in [1.82, 2.24) is 10.2 Å². The number of carbonyl (C=O) groups is 1. The predicted molar refractivity (Wildman–Crippen MR) is 102 cm³/mol. The molecule has 27 heavy (non-hydrogen) atoms. The molecule has 2 aromatic rings. The quantitative estimate of drug-likeness (QED) is 0.885. The van der Waals surface area contributed by atoms with Crippen LogP contribution in [0.4, 0.5) is 9.18 Å². The molecule has 1 fully saturated rings. The Morgan fingerprint density at radius 1 is 1.19 bits per heavy atom. The zero-order valence-corrected chi connectivity index (χ0v) is 15.5. The van der Waals surface area contributed by atoms with Gasteiger partial charge in [0.1, 0.15) is 11.9 Å². The van der Waals surface area contributed by atoms with Gasteiger partial charge in [-0.05, 0) is 54.6 Å². The van der Waals surface area contributed by atoms with Crippen molar-refractivity contribution in [3.05, 3.63) is 71.0 Å². The Hall–Kier alpha value is -2.40. The number of halogens is 1. The number of rotatable bonds is 4. The topological polar surface area (TPSA) is 41.6 Å². The number of hydrogen-bond donors (Lipinski definition) is 1. The first-order chi connectivity index (χ1) is 13.2. The van der Waals surface area contributed by atoms with Crippen molar-refractivity contribution < 1.29 is 13.9 Å². The van der Waals surface area contributed by atoms with Crippen LogP contribution in [0.3, 0.4) is 0 Å². The fraction of sp³-hybridized carbons (Fsp3) is 0.409. The van der Waals surface area contributed by atoms with E-state index in [2.05, 4.69) is 18.3 Å². The van der Waals surface area contributed by atoms with Crippen LogP contribution in [-0.4, -0.2) is 36.2 Å². The van der Waals surface area contributed by atoms with Gasteiger partial charge in [0.05, 0.1) is 6.04 Å². The summed E-state index contributed by atoms with van der Waals surface area (Å²) in [6.07, 6.45) is 2.23. The summed E-state index contributed by atoms with van der Waals surface area (Å²) in [6.45, 7) is 3.61. The van der Waals surface area contributed by atoms with Crippen molar-refractivity contribution in [2.24, 2.45) is 0 Å².